The lowest BCUT2D eigenvalue weighted by Gasteiger charge is -2.18. The summed E-state index contributed by atoms with van der Waals surface area (Å²) in [5, 5.41) is 3.19. The summed E-state index contributed by atoms with van der Waals surface area (Å²) in [6, 6.07) is 5.55. The molecule has 0 aliphatic rings. The van der Waals surface area contributed by atoms with Crippen LogP contribution in [0.5, 0.6) is 0 Å². The number of nitrogens with zero attached hydrogens (tertiary/aromatic N) is 2. The topological polar surface area (TPSA) is 58.4 Å². The van der Waals surface area contributed by atoms with E-state index in [1.807, 2.05) is 32.0 Å². The molecule has 0 fully saturated rings. The first kappa shape index (κ1) is 14.1. The van der Waals surface area contributed by atoms with Gasteiger partial charge in [0.2, 0.25) is 0 Å². The minimum atomic E-state index is 0.00384. The van der Waals surface area contributed by atoms with Crippen LogP contribution in [0.3, 0.4) is 0 Å². The molecule has 106 valence electrons. The fourth-order valence-electron chi connectivity index (χ4n) is 1.95. The van der Waals surface area contributed by atoms with Crippen LogP contribution < -0.4 is 5.32 Å². The van der Waals surface area contributed by atoms with Gasteiger partial charge in [0.25, 0.3) is 5.91 Å². The molecule has 0 unspecified atom stereocenters. The van der Waals surface area contributed by atoms with Crippen LogP contribution in [0.25, 0.3) is 0 Å². The molecule has 0 aliphatic heterocycles. The highest BCUT2D eigenvalue weighted by molar-refractivity contribution is 5.94. The van der Waals surface area contributed by atoms with Gasteiger partial charge in [-0.3, -0.25) is 9.78 Å². The third kappa shape index (κ3) is 3.38. The maximum atomic E-state index is 12.2. The Labute approximate surface area is 118 Å². The van der Waals surface area contributed by atoms with Gasteiger partial charge in [0.15, 0.2) is 0 Å². The number of hydrogen-bond acceptors (Lipinski definition) is 4. The van der Waals surface area contributed by atoms with E-state index >= 15 is 0 Å². The molecule has 5 nitrogen and oxygen atoms in total. The Morgan fingerprint density at radius 3 is 2.80 bits per heavy atom. The van der Waals surface area contributed by atoms with Crippen molar-refractivity contribution in [3.8, 4) is 0 Å². The maximum absolute atomic E-state index is 12.2. The van der Waals surface area contributed by atoms with Gasteiger partial charge in [-0.25, -0.2) is 0 Å². The van der Waals surface area contributed by atoms with Crippen molar-refractivity contribution in [1.82, 2.24) is 9.88 Å². The van der Waals surface area contributed by atoms with Crippen LogP contribution in [0.1, 0.15) is 30.0 Å². The summed E-state index contributed by atoms with van der Waals surface area (Å²) in [4.78, 5) is 18.1. The largest absolute Gasteiger partial charge is 0.467 e. The number of aromatic nitrogens is 1. The summed E-state index contributed by atoms with van der Waals surface area (Å²) >= 11 is 0. The second-order valence-corrected chi connectivity index (χ2v) is 4.37. The molecule has 2 rings (SSSR count). The van der Waals surface area contributed by atoms with E-state index in [1.54, 1.807) is 23.6 Å². The Kier molecular flexibility index (Phi) is 4.76. The highest BCUT2D eigenvalue weighted by Gasteiger charge is 2.13. The summed E-state index contributed by atoms with van der Waals surface area (Å²) in [5.74, 6) is 0.842. The Morgan fingerprint density at radius 1 is 1.35 bits per heavy atom. The Hall–Kier alpha value is -2.30. The maximum Gasteiger partial charge on any atom is 0.255 e. The molecule has 0 spiro atoms. The van der Waals surface area contributed by atoms with Gasteiger partial charge in [0.05, 0.1) is 24.1 Å². The molecule has 0 aromatic carbocycles. The van der Waals surface area contributed by atoms with Gasteiger partial charge in [-0.2, -0.15) is 0 Å². The van der Waals surface area contributed by atoms with E-state index in [9.17, 15) is 4.79 Å². The van der Waals surface area contributed by atoms with Gasteiger partial charge in [0, 0.05) is 25.5 Å². The van der Waals surface area contributed by atoms with Crippen LogP contribution in [0.2, 0.25) is 0 Å². The average molecular weight is 273 g/mol. The van der Waals surface area contributed by atoms with Crippen molar-refractivity contribution in [1.29, 1.82) is 0 Å². The van der Waals surface area contributed by atoms with E-state index in [1.165, 1.54) is 0 Å². The molecule has 0 bridgehead atoms. The second-order valence-electron chi connectivity index (χ2n) is 4.37. The summed E-state index contributed by atoms with van der Waals surface area (Å²) in [6.45, 7) is 5.89. The first-order chi connectivity index (χ1) is 9.74. The van der Waals surface area contributed by atoms with Crippen LogP contribution >= 0.6 is 0 Å². The number of furan rings is 1. The minimum Gasteiger partial charge on any atom is -0.467 e. The van der Waals surface area contributed by atoms with Crippen LogP contribution in [-0.4, -0.2) is 28.9 Å². The van der Waals surface area contributed by atoms with Crippen molar-refractivity contribution < 1.29 is 9.21 Å². The van der Waals surface area contributed by atoms with Gasteiger partial charge >= 0.3 is 0 Å². The number of nitrogens with one attached hydrogen (secondary N) is 1. The minimum absolute atomic E-state index is 0.00384. The van der Waals surface area contributed by atoms with Gasteiger partial charge < -0.3 is 14.6 Å². The molecule has 0 atom stereocenters. The molecule has 2 aromatic rings. The van der Waals surface area contributed by atoms with E-state index in [0.29, 0.717) is 25.2 Å². The fourth-order valence-corrected chi connectivity index (χ4v) is 1.95. The van der Waals surface area contributed by atoms with Crippen molar-refractivity contribution in [3.63, 3.8) is 0 Å². The lowest BCUT2D eigenvalue weighted by molar-refractivity contribution is 0.0772. The quantitative estimate of drug-likeness (QED) is 0.879. The highest BCUT2D eigenvalue weighted by Crippen LogP contribution is 2.12. The summed E-state index contributed by atoms with van der Waals surface area (Å²) < 4.78 is 5.25. The first-order valence-electron chi connectivity index (χ1n) is 6.75. The second kappa shape index (κ2) is 6.75. The molecule has 2 heterocycles. The number of rotatable bonds is 6. The zero-order valence-corrected chi connectivity index (χ0v) is 11.8. The van der Waals surface area contributed by atoms with Crippen LogP contribution in [0.15, 0.2) is 41.3 Å². The number of amides is 1. The Balaban J connectivity index is 2.05. The van der Waals surface area contributed by atoms with Crippen molar-refractivity contribution in [2.75, 3.05) is 18.4 Å². The van der Waals surface area contributed by atoms with Crippen molar-refractivity contribution in [3.05, 3.63) is 48.2 Å². The van der Waals surface area contributed by atoms with Gasteiger partial charge in [-0.1, -0.05) is 0 Å². The Morgan fingerprint density at radius 2 is 2.15 bits per heavy atom. The molecule has 0 aliphatic carbocycles. The normalized spacial score (nSPS) is 10.3. The highest BCUT2D eigenvalue weighted by atomic mass is 16.3. The summed E-state index contributed by atoms with van der Waals surface area (Å²) in [5.41, 5.74) is 1.40. The van der Waals surface area contributed by atoms with Gasteiger partial charge in [-0.05, 0) is 32.0 Å². The average Bonchev–Trinajstić information content (AvgIpc) is 3.00. The number of carbonyl (C=O) groups excluding carboxylic acids is 1. The van der Waals surface area contributed by atoms with E-state index < -0.39 is 0 Å². The molecule has 5 heteroatoms. The molecule has 20 heavy (non-hydrogen) atoms. The number of hydrogen-bond donors (Lipinski definition) is 1. The molecule has 2 aromatic heterocycles. The molecular weight excluding hydrogens is 254 g/mol. The van der Waals surface area contributed by atoms with Gasteiger partial charge in [-0.15, -0.1) is 0 Å². The lowest BCUT2D eigenvalue weighted by Crippen LogP contribution is -2.30. The van der Waals surface area contributed by atoms with E-state index in [0.717, 1.165) is 11.4 Å². The third-order valence-electron chi connectivity index (χ3n) is 3.08. The van der Waals surface area contributed by atoms with Gasteiger partial charge in [0.1, 0.15) is 5.76 Å². The smallest absolute Gasteiger partial charge is 0.255 e. The third-order valence-corrected chi connectivity index (χ3v) is 3.08. The van der Waals surface area contributed by atoms with E-state index in [-0.39, 0.29) is 5.91 Å². The van der Waals surface area contributed by atoms with E-state index in [4.69, 9.17) is 4.42 Å². The molecule has 0 saturated heterocycles. The van der Waals surface area contributed by atoms with Crippen molar-refractivity contribution >= 4 is 11.6 Å². The number of pyridine rings is 1. The van der Waals surface area contributed by atoms with Crippen LogP contribution in [0.4, 0.5) is 5.69 Å². The molecule has 0 saturated carbocycles. The van der Waals surface area contributed by atoms with E-state index in [2.05, 4.69) is 10.3 Å². The first-order valence-corrected chi connectivity index (χ1v) is 6.75. The molecule has 1 amide bonds. The van der Waals surface area contributed by atoms with Crippen LogP contribution in [0, 0.1) is 0 Å². The van der Waals surface area contributed by atoms with Crippen molar-refractivity contribution in [2.24, 2.45) is 0 Å². The summed E-state index contributed by atoms with van der Waals surface area (Å²) in [6.07, 6.45) is 4.93. The molecule has 0 radical (unpaired) electrons. The lowest BCUT2D eigenvalue weighted by atomic mass is 10.2. The van der Waals surface area contributed by atoms with Crippen LogP contribution in [-0.2, 0) is 6.54 Å². The number of carbonyl (C=O) groups is 1. The predicted octanol–water partition coefficient (Wildman–Crippen LogP) is 2.77. The SMILES string of the molecule is CCN(CC)C(=O)c1cncc(NCc2ccco2)c1. The summed E-state index contributed by atoms with van der Waals surface area (Å²) in [7, 11) is 0. The monoisotopic (exact) mass is 273 g/mol. The molecular formula is C15H19N3O2. The zero-order chi connectivity index (χ0) is 14.4. The predicted molar refractivity (Wildman–Crippen MR) is 77.5 cm³/mol. The standard InChI is InChI=1S/C15H19N3O2/c1-3-18(4-2)15(19)12-8-13(10-16-9-12)17-11-14-6-5-7-20-14/h5-10,17H,3-4,11H2,1-2H3. The zero-order valence-electron chi connectivity index (χ0n) is 11.8. The fraction of sp³-hybridized carbons (Fsp3) is 0.333. The van der Waals surface area contributed by atoms with Crippen molar-refractivity contribution in [2.45, 2.75) is 20.4 Å². The number of anilines is 1. The Bertz CT molecular complexity index is 548. The molecule has 1 N–H and O–H groups in total.